The van der Waals surface area contributed by atoms with Gasteiger partial charge in [0.15, 0.2) is 0 Å². The summed E-state index contributed by atoms with van der Waals surface area (Å²) in [5.41, 5.74) is 0. The quantitative estimate of drug-likeness (QED) is 0.681. The summed E-state index contributed by atoms with van der Waals surface area (Å²) in [7, 11) is 0. The molecule has 0 aromatic rings. The third kappa shape index (κ3) is 4.43. The minimum atomic E-state index is -0.129. The molecular weight excluding hydrogens is 174 g/mol. The van der Waals surface area contributed by atoms with Crippen molar-refractivity contribution in [3.63, 3.8) is 0 Å². The molecule has 0 heterocycles. The molecule has 0 spiro atoms. The monoisotopic (exact) mass is 199 g/mol. The van der Waals surface area contributed by atoms with Crippen LogP contribution < -0.4 is 5.32 Å². The van der Waals surface area contributed by atoms with Crippen molar-refractivity contribution in [1.82, 2.24) is 5.32 Å². The Hall–Kier alpha value is -0.0800. The Morgan fingerprint density at radius 1 is 1.14 bits per heavy atom. The molecule has 1 aliphatic carbocycles. The van der Waals surface area contributed by atoms with Gasteiger partial charge in [-0.1, -0.05) is 39.5 Å². The lowest BCUT2D eigenvalue weighted by Gasteiger charge is -2.22. The summed E-state index contributed by atoms with van der Waals surface area (Å²) in [5, 5.41) is 13.3. The fourth-order valence-corrected chi connectivity index (χ4v) is 2.22. The molecule has 2 heteroatoms. The topological polar surface area (TPSA) is 32.3 Å². The molecule has 2 N–H and O–H groups in total. The van der Waals surface area contributed by atoms with Crippen molar-refractivity contribution in [2.24, 2.45) is 5.92 Å². The van der Waals surface area contributed by atoms with Crippen LogP contribution in [0, 0.1) is 5.92 Å². The van der Waals surface area contributed by atoms with E-state index in [1.165, 1.54) is 38.5 Å². The van der Waals surface area contributed by atoms with E-state index in [1.54, 1.807) is 0 Å². The molecule has 0 aliphatic heterocycles. The molecule has 1 saturated carbocycles. The maximum atomic E-state index is 9.99. The summed E-state index contributed by atoms with van der Waals surface area (Å²) < 4.78 is 0. The highest BCUT2D eigenvalue weighted by Gasteiger charge is 2.20. The van der Waals surface area contributed by atoms with Crippen LogP contribution in [0.3, 0.4) is 0 Å². The molecule has 0 radical (unpaired) electrons. The van der Waals surface area contributed by atoms with Crippen molar-refractivity contribution in [3.8, 4) is 0 Å². The first-order chi connectivity index (χ1) is 6.70. The van der Waals surface area contributed by atoms with E-state index in [4.69, 9.17) is 0 Å². The molecule has 1 fully saturated rings. The van der Waals surface area contributed by atoms with Gasteiger partial charge in [0, 0.05) is 12.6 Å². The van der Waals surface area contributed by atoms with Gasteiger partial charge in [0.1, 0.15) is 0 Å². The van der Waals surface area contributed by atoms with Crippen LogP contribution in [0.1, 0.15) is 52.4 Å². The Balaban J connectivity index is 2.23. The molecule has 1 unspecified atom stereocenters. The van der Waals surface area contributed by atoms with Crippen LogP contribution in [-0.4, -0.2) is 23.8 Å². The molecule has 1 aliphatic rings. The Morgan fingerprint density at radius 3 is 2.21 bits per heavy atom. The molecule has 2 nitrogen and oxygen atoms in total. The van der Waals surface area contributed by atoms with Gasteiger partial charge in [-0.2, -0.15) is 0 Å². The Labute approximate surface area is 88.1 Å². The number of hydrogen-bond donors (Lipinski definition) is 2. The van der Waals surface area contributed by atoms with Crippen LogP contribution in [0.25, 0.3) is 0 Å². The average molecular weight is 199 g/mol. The lowest BCUT2D eigenvalue weighted by atomic mass is 9.94. The molecular formula is C12H25NO. The van der Waals surface area contributed by atoms with Crippen LogP contribution in [0.2, 0.25) is 0 Å². The zero-order valence-electron chi connectivity index (χ0n) is 9.63. The molecule has 0 amide bonds. The second kappa shape index (κ2) is 6.41. The lowest BCUT2D eigenvalue weighted by molar-refractivity contribution is 0.0953. The Bertz CT molecular complexity index is 139. The van der Waals surface area contributed by atoms with E-state index < -0.39 is 0 Å². The first kappa shape index (κ1) is 12.0. The largest absolute Gasteiger partial charge is 0.392 e. The van der Waals surface area contributed by atoms with Gasteiger partial charge < -0.3 is 10.4 Å². The van der Waals surface area contributed by atoms with Gasteiger partial charge in [0.05, 0.1) is 6.10 Å². The number of nitrogens with one attached hydrogen (secondary N) is 1. The Kier molecular flexibility index (Phi) is 5.49. The van der Waals surface area contributed by atoms with Gasteiger partial charge in [-0.15, -0.1) is 0 Å². The maximum Gasteiger partial charge on any atom is 0.0692 e. The summed E-state index contributed by atoms with van der Waals surface area (Å²) in [5.74, 6) is 0.545. The average Bonchev–Trinajstić information content (AvgIpc) is 2.42. The van der Waals surface area contributed by atoms with Gasteiger partial charge in [-0.3, -0.25) is 0 Å². The second-order valence-corrected chi connectivity index (χ2v) is 4.88. The van der Waals surface area contributed by atoms with Gasteiger partial charge in [-0.05, 0) is 18.8 Å². The van der Waals surface area contributed by atoms with E-state index >= 15 is 0 Å². The Morgan fingerprint density at radius 2 is 1.71 bits per heavy atom. The molecule has 84 valence electrons. The van der Waals surface area contributed by atoms with Gasteiger partial charge in [-0.25, -0.2) is 0 Å². The molecule has 1 atom stereocenters. The van der Waals surface area contributed by atoms with E-state index in [0.717, 1.165) is 6.54 Å². The van der Waals surface area contributed by atoms with Crippen molar-refractivity contribution < 1.29 is 5.11 Å². The zero-order valence-corrected chi connectivity index (χ0v) is 9.63. The fraction of sp³-hybridized carbons (Fsp3) is 1.00. The van der Waals surface area contributed by atoms with Gasteiger partial charge >= 0.3 is 0 Å². The molecule has 0 aromatic heterocycles. The highest BCUT2D eigenvalue weighted by molar-refractivity contribution is 4.74. The van der Waals surface area contributed by atoms with E-state index in [-0.39, 0.29) is 6.10 Å². The van der Waals surface area contributed by atoms with Gasteiger partial charge in [0.25, 0.3) is 0 Å². The lowest BCUT2D eigenvalue weighted by Crippen LogP contribution is -2.36. The van der Waals surface area contributed by atoms with Crippen LogP contribution >= 0.6 is 0 Å². The van der Waals surface area contributed by atoms with Crippen molar-refractivity contribution in [3.05, 3.63) is 0 Å². The van der Waals surface area contributed by atoms with Crippen LogP contribution in [0.5, 0.6) is 0 Å². The normalized spacial score (nSPS) is 22.3. The number of hydrogen-bond acceptors (Lipinski definition) is 2. The highest BCUT2D eigenvalue weighted by Crippen LogP contribution is 2.25. The fourth-order valence-electron chi connectivity index (χ4n) is 2.22. The van der Waals surface area contributed by atoms with Crippen LogP contribution in [-0.2, 0) is 0 Å². The summed E-state index contributed by atoms with van der Waals surface area (Å²) in [6.07, 6.45) is 7.66. The maximum absolute atomic E-state index is 9.99. The van der Waals surface area contributed by atoms with E-state index in [2.05, 4.69) is 19.2 Å². The second-order valence-electron chi connectivity index (χ2n) is 4.88. The predicted octanol–water partition coefficient (Wildman–Crippen LogP) is 2.32. The minimum Gasteiger partial charge on any atom is -0.392 e. The van der Waals surface area contributed by atoms with Gasteiger partial charge in [0.2, 0.25) is 0 Å². The molecule has 0 bridgehead atoms. The van der Waals surface area contributed by atoms with E-state index in [1.807, 2.05) is 0 Å². The molecule has 14 heavy (non-hydrogen) atoms. The van der Waals surface area contributed by atoms with E-state index in [9.17, 15) is 5.11 Å². The molecule has 0 aromatic carbocycles. The molecule has 0 saturated heterocycles. The summed E-state index contributed by atoms with van der Waals surface area (Å²) in [6.45, 7) is 5.02. The minimum absolute atomic E-state index is 0.129. The van der Waals surface area contributed by atoms with Crippen LogP contribution in [0.15, 0.2) is 0 Å². The number of rotatable bonds is 4. The van der Waals surface area contributed by atoms with Crippen molar-refractivity contribution in [2.75, 3.05) is 6.54 Å². The standard InChI is InChI=1S/C12H25NO/c1-10(2)13-9-12(14)11-7-5-3-4-6-8-11/h10-14H,3-9H2,1-2H3. The van der Waals surface area contributed by atoms with E-state index in [0.29, 0.717) is 12.0 Å². The van der Waals surface area contributed by atoms with Crippen molar-refractivity contribution in [1.29, 1.82) is 0 Å². The SMILES string of the molecule is CC(C)NCC(O)C1CCCCCC1. The zero-order chi connectivity index (χ0) is 10.4. The number of aliphatic hydroxyl groups excluding tert-OH is 1. The number of aliphatic hydroxyl groups is 1. The third-order valence-corrected chi connectivity index (χ3v) is 3.18. The smallest absolute Gasteiger partial charge is 0.0692 e. The third-order valence-electron chi connectivity index (χ3n) is 3.18. The molecule has 1 rings (SSSR count). The van der Waals surface area contributed by atoms with Crippen molar-refractivity contribution >= 4 is 0 Å². The first-order valence-corrected chi connectivity index (χ1v) is 6.11. The van der Waals surface area contributed by atoms with Crippen molar-refractivity contribution in [2.45, 2.75) is 64.5 Å². The summed E-state index contributed by atoms with van der Waals surface area (Å²) >= 11 is 0. The highest BCUT2D eigenvalue weighted by atomic mass is 16.3. The first-order valence-electron chi connectivity index (χ1n) is 6.11. The predicted molar refractivity (Wildman–Crippen MR) is 60.3 cm³/mol. The summed E-state index contributed by atoms with van der Waals surface area (Å²) in [6, 6.07) is 0.482. The summed E-state index contributed by atoms with van der Waals surface area (Å²) in [4.78, 5) is 0. The van der Waals surface area contributed by atoms with Crippen LogP contribution in [0.4, 0.5) is 0 Å².